The van der Waals surface area contributed by atoms with E-state index < -0.39 is 18.2 Å². The zero-order valence-corrected chi connectivity index (χ0v) is 10.2. The van der Waals surface area contributed by atoms with Gasteiger partial charge in [0.1, 0.15) is 0 Å². The third kappa shape index (κ3) is 7.20. The van der Waals surface area contributed by atoms with E-state index in [1.165, 1.54) is 0 Å². The number of halogens is 3. The van der Waals surface area contributed by atoms with Crippen molar-refractivity contribution in [3.8, 4) is 0 Å². The van der Waals surface area contributed by atoms with Gasteiger partial charge in [-0.15, -0.1) is 0 Å². The molecule has 0 aromatic rings. The van der Waals surface area contributed by atoms with Crippen molar-refractivity contribution in [3.05, 3.63) is 0 Å². The molecule has 0 rings (SSSR count). The molecule has 0 radical (unpaired) electrons. The number of carbonyl (C=O) groups is 1. The summed E-state index contributed by atoms with van der Waals surface area (Å²) < 4.78 is 45.7. The minimum absolute atomic E-state index is 0.0804. The minimum atomic E-state index is -4.71. The van der Waals surface area contributed by atoms with E-state index in [0.717, 1.165) is 32.8 Å². The lowest BCUT2D eigenvalue weighted by Crippen LogP contribution is -2.40. The molecule has 0 N–H and O–H groups in total. The predicted octanol–water partition coefficient (Wildman–Crippen LogP) is 3.08. The monoisotopic (exact) mass is 256 g/mol. The minimum Gasteiger partial charge on any atom is -0.467 e. The molecule has 6 heteroatoms. The molecule has 0 saturated carbocycles. The Morgan fingerprint density at radius 1 is 1.18 bits per heavy atom. The fourth-order valence-corrected chi connectivity index (χ4v) is 1.31. The Kier molecular flexibility index (Phi) is 7.95. The number of hydrogen-bond acceptors (Lipinski definition) is 3. The second-order valence-electron chi connectivity index (χ2n) is 3.73. The van der Waals surface area contributed by atoms with E-state index in [-0.39, 0.29) is 6.61 Å². The number of unbranched alkanes of at least 4 members (excludes halogenated alkanes) is 4. The van der Waals surface area contributed by atoms with Gasteiger partial charge in [-0.25, -0.2) is 4.79 Å². The van der Waals surface area contributed by atoms with Gasteiger partial charge in [-0.2, -0.15) is 13.2 Å². The van der Waals surface area contributed by atoms with Gasteiger partial charge in [0.25, 0.3) is 6.10 Å². The molecule has 1 unspecified atom stereocenters. The van der Waals surface area contributed by atoms with Crippen LogP contribution in [0, 0.1) is 0 Å². The summed E-state index contributed by atoms with van der Waals surface area (Å²) in [6.45, 7) is 1.97. The molecule has 0 amide bonds. The Hall–Kier alpha value is -0.780. The van der Waals surface area contributed by atoms with Crippen LogP contribution in [0.2, 0.25) is 0 Å². The summed E-state index contributed by atoms with van der Waals surface area (Å²) in [5.41, 5.74) is 0. The Morgan fingerprint density at radius 3 is 2.24 bits per heavy atom. The van der Waals surface area contributed by atoms with Crippen molar-refractivity contribution >= 4 is 5.97 Å². The van der Waals surface area contributed by atoms with Crippen LogP contribution < -0.4 is 0 Å². The number of carbonyl (C=O) groups excluding carboxylic acids is 1. The first kappa shape index (κ1) is 16.2. The van der Waals surface area contributed by atoms with Crippen LogP contribution in [0.5, 0.6) is 0 Å². The van der Waals surface area contributed by atoms with Crippen LogP contribution in [0.25, 0.3) is 0 Å². The fraction of sp³-hybridized carbons (Fsp3) is 0.909. The van der Waals surface area contributed by atoms with Gasteiger partial charge in [0.15, 0.2) is 0 Å². The number of ether oxygens (including phenoxy) is 2. The van der Waals surface area contributed by atoms with Crippen LogP contribution in [0.3, 0.4) is 0 Å². The molecule has 0 spiro atoms. The van der Waals surface area contributed by atoms with Gasteiger partial charge < -0.3 is 9.47 Å². The first-order valence-electron chi connectivity index (χ1n) is 5.69. The number of methoxy groups -OCH3 is 1. The summed E-state index contributed by atoms with van der Waals surface area (Å²) in [6.07, 6.45) is -2.76. The molecule has 0 saturated heterocycles. The summed E-state index contributed by atoms with van der Waals surface area (Å²) in [5, 5.41) is 0. The molecule has 0 aromatic heterocycles. The highest BCUT2D eigenvalue weighted by Gasteiger charge is 2.46. The van der Waals surface area contributed by atoms with Crippen molar-refractivity contribution in [1.29, 1.82) is 0 Å². The zero-order valence-electron chi connectivity index (χ0n) is 10.2. The van der Waals surface area contributed by atoms with Gasteiger partial charge in [-0.3, -0.25) is 0 Å². The predicted molar refractivity (Wildman–Crippen MR) is 56.6 cm³/mol. The fourth-order valence-electron chi connectivity index (χ4n) is 1.31. The standard InChI is InChI=1S/C11H19F3O3/c1-3-4-5-6-7-8-17-9(10(15)16-2)11(12,13)14/h9H,3-8H2,1-2H3. The SMILES string of the molecule is CCCCCCCOC(C(=O)OC)C(F)(F)F. The van der Waals surface area contributed by atoms with Crippen LogP contribution in [0.15, 0.2) is 0 Å². The number of hydrogen-bond donors (Lipinski definition) is 0. The summed E-state index contributed by atoms with van der Waals surface area (Å²) in [4.78, 5) is 10.9. The van der Waals surface area contributed by atoms with Crippen molar-refractivity contribution in [1.82, 2.24) is 0 Å². The van der Waals surface area contributed by atoms with Crippen LogP contribution in [0.4, 0.5) is 13.2 Å². The first-order valence-corrected chi connectivity index (χ1v) is 5.69. The average molecular weight is 256 g/mol. The maximum Gasteiger partial charge on any atom is 0.425 e. The van der Waals surface area contributed by atoms with E-state index in [1.807, 2.05) is 6.92 Å². The van der Waals surface area contributed by atoms with Crippen molar-refractivity contribution in [2.45, 2.75) is 51.3 Å². The summed E-state index contributed by atoms with van der Waals surface area (Å²) in [7, 11) is 0.908. The lowest BCUT2D eigenvalue weighted by molar-refractivity contribution is -0.229. The van der Waals surface area contributed by atoms with E-state index in [1.54, 1.807) is 0 Å². The van der Waals surface area contributed by atoms with Gasteiger partial charge in [0.2, 0.25) is 0 Å². The van der Waals surface area contributed by atoms with Gasteiger partial charge in [0.05, 0.1) is 7.11 Å². The van der Waals surface area contributed by atoms with E-state index in [9.17, 15) is 18.0 Å². The van der Waals surface area contributed by atoms with Crippen LogP contribution in [0.1, 0.15) is 39.0 Å². The second kappa shape index (κ2) is 8.33. The molecule has 0 aromatic carbocycles. The molecular formula is C11H19F3O3. The number of esters is 1. The van der Waals surface area contributed by atoms with Gasteiger partial charge in [0, 0.05) is 6.61 Å². The smallest absolute Gasteiger partial charge is 0.425 e. The highest BCUT2D eigenvalue weighted by atomic mass is 19.4. The first-order chi connectivity index (χ1) is 7.93. The Bertz CT molecular complexity index is 216. The highest BCUT2D eigenvalue weighted by Crippen LogP contribution is 2.24. The normalized spacial score (nSPS) is 13.5. The Balaban J connectivity index is 3.90. The molecule has 0 fully saturated rings. The topological polar surface area (TPSA) is 35.5 Å². The third-order valence-electron chi connectivity index (χ3n) is 2.24. The van der Waals surface area contributed by atoms with Crippen molar-refractivity contribution < 1.29 is 27.4 Å². The second-order valence-corrected chi connectivity index (χ2v) is 3.73. The summed E-state index contributed by atoms with van der Waals surface area (Å²) >= 11 is 0. The maximum absolute atomic E-state index is 12.4. The maximum atomic E-state index is 12.4. The quantitative estimate of drug-likeness (QED) is 0.494. The van der Waals surface area contributed by atoms with Gasteiger partial charge in [-0.1, -0.05) is 32.6 Å². The van der Waals surface area contributed by atoms with E-state index in [4.69, 9.17) is 0 Å². The van der Waals surface area contributed by atoms with Crippen LogP contribution >= 0.6 is 0 Å². The Morgan fingerprint density at radius 2 is 1.76 bits per heavy atom. The van der Waals surface area contributed by atoms with Crippen LogP contribution in [-0.4, -0.2) is 32.0 Å². The van der Waals surface area contributed by atoms with Crippen molar-refractivity contribution in [2.75, 3.05) is 13.7 Å². The molecule has 3 nitrogen and oxygen atoms in total. The van der Waals surface area contributed by atoms with Crippen molar-refractivity contribution in [3.63, 3.8) is 0 Å². The van der Waals surface area contributed by atoms with E-state index in [2.05, 4.69) is 9.47 Å². The molecule has 102 valence electrons. The largest absolute Gasteiger partial charge is 0.467 e. The molecule has 0 aliphatic heterocycles. The molecule has 0 aliphatic carbocycles. The lowest BCUT2D eigenvalue weighted by Gasteiger charge is -2.18. The molecule has 0 aliphatic rings. The Labute approximate surface area is 99.3 Å². The van der Waals surface area contributed by atoms with Crippen molar-refractivity contribution in [2.24, 2.45) is 0 Å². The molecule has 0 heterocycles. The zero-order chi connectivity index (χ0) is 13.3. The van der Waals surface area contributed by atoms with E-state index >= 15 is 0 Å². The lowest BCUT2D eigenvalue weighted by atomic mass is 10.2. The summed E-state index contributed by atoms with van der Waals surface area (Å²) in [6, 6.07) is 0. The summed E-state index contributed by atoms with van der Waals surface area (Å²) in [5.74, 6) is -1.40. The highest BCUT2D eigenvalue weighted by molar-refractivity contribution is 5.75. The van der Waals surface area contributed by atoms with Gasteiger partial charge in [-0.05, 0) is 6.42 Å². The van der Waals surface area contributed by atoms with E-state index in [0.29, 0.717) is 6.42 Å². The van der Waals surface area contributed by atoms with Gasteiger partial charge >= 0.3 is 12.1 Å². The molecule has 17 heavy (non-hydrogen) atoms. The molecular weight excluding hydrogens is 237 g/mol. The third-order valence-corrected chi connectivity index (χ3v) is 2.24. The number of alkyl halides is 3. The molecule has 0 bridgehead atoms. The number of rotatable bonds is 8. The van der Waals surface area contributed by atoms with Crippen LogP contribution in [-0.2, 0) is 14.3 Å². The average Bonchev–Trinajstić information content (AvgIpc) is 2.25. The molecule has 1 atom stereocenters.